The first-order valence-electron chi connectivity index (χ1n) is 8.44. The Labute approximate surface area is 129 Å². The third-order valence-corrected chi connectivity index (χ3v) is 5.01. The Bertz CT molecular complexity index is 532. The Morgan fingerprint density at radius 3 is 2.48 bits per heavy atom. The molecule has 2 aliphatic rings. The van der Waals surface area contributed by atoms with Crippen LogP contribution in [0.15, 0.2) is 66.3 Å². The van der Waals surface area contributed by atoms with E-state index in [9.17, 15) is 0 Å². The third kappa shape index (κ3) is 3.75. The van der Waals surface area contributed by atoms with Crippen LogP contribution in [0.2, 0.25) is 0 Å². The highest BCUT2D eigenvalue weighted by molar-refractivity contribution is 5.31. The summed E-state index contributed by atoms with van der Waals surface area (Å²) in [4.78, 5) is 0. The zero-order valence-electron chi connectivity index (χ0n) is 13.0. The van der Waals surface area contributed by atoms with E-state index >= 15 is 0 Å². The molecule has 0 N–H and O–H groups in total. The molecule has 0 aliphatic heterocycles. The summed E-state index contributed by atoms with van der Waals surface area (Å²) in [6, 6.07) is 11.1. The predicted octanol–water partition coefficient (Wildman–Crippen LogP) is 6.04. The van der Waals surface area contributed by atoms with Crippen LogP contribution < -0.4 is 0 Å². The van der Waals surface area contributed by atoms with Crippen LogP contribution in [0.4, 0.5) is 0 Å². The van der Waals surface area contributed by atoms with E-state index in [-0.39, 0.29) is 0 Å². The highest BCUT2D eigenvalue weighted by atomic mass is 14.3. The Morgan fingerprint density at radius 1 is 0.857 bits per heavy atom. The molecule has 0 heteroatoms. The number of hydrogen-bond acceptors (Lipinski definition) is 0. The quantitative estimate of drug-likeness (QED) is 0.579. The summed E-state index contributed by atoms with van der Waals surface area (Å²) < 4.78 is 0. The van der Waals surface area contributed by atoms with Gasteiger partial charge in [-0.2, -0.15) is 0 Å². The minimum Gasteiger partial charge on any atom is -0.0779 e. The lowest BCUT2D eigenvalue weighted by molar-refractivity contribution is 0.532. The highest BCUT2D eigenvalue weighted by Gasteiger charge is 2.21. The summed E-state index contributed by atoms with van der Waals surface area (Å²) in [5, 5.41) is 0. The molecule has 1 aromatic rings. The standard InChI is InChI=1S/C21H26/c1-17-7-5-10-19(14-13-17)21-12-6-11-20(15-16-21)18-8-3-2-4-9-18/h2-5,7-10,13-14,17,20-21H,6,11-12,15-16H2,1H3. The van der Waals surface area contributed by atoms with Crippen LogP contribution in [0.1, 0.15) is 50.5 Å². The van der Waals surface area contributed by atoms with Gasteiger partial charge in [0.2, 0.25) is 0 Å². The summed E-state index contributed by atoms with van der Waals surface area (Å²) in [5.74, 6) is 2.09. The van der Waals surface area contributed by atoms with E-state index in [0.29, 0.717) is 5.92 Å². The fourth-order valence-electron chi connectivity index (χ4n) is 3.69. The zero-order chi connectivity index (χ0) is 14.5. The Kier molecular flexibility index (Phi) is 4.75. The van der Waals surface area contributed by atoms with Crippen LogP contribution in [0.25, 0.3) is 0 Å². The van der Waals surface area contributed by atoms with Gasteiger partial charge in [0.1, 0.15) is 0 Å². The van der Waals surface area contributed by atoms with Crippen LogP contribution in [0, 0.1) is 11.8 Å². The molecule has 3 atom stereocenters. The lowest BCUT2D eigenvalue weighted by Crippen LogP contribution is -2.02. The second kappa shape index (κ2) is 6.93. The monoisotopic (exact) mass is 278 g/mol. The van der Waals surface area contributed by atoms with Gasteiger partial charge in [-0.3, -0.25) is 0 Å². The van der Waals surface area contributed by atoms with Crippen LogP contribution >= 0.6 is 0 Å². The Morgan fingerprint density at radius 2 is 1.62 bits per heavy atom. The van der Waals surface area contributed by atoms with Crippen molar-refractivity contribution in [3.8, 4) is 0 Å². The van der Waals surface area contributed by atoms with Crippen molar-refractivity contribution in [2.45, 2.75) is 44.9 Å². The van der Waals surface area contributed by atoms with E-state index in [4.69, 9.17) is 0 Å². The minimum absolute atomic E-state index is 0.571. The maximum absolute atomic E-state index is 2.37. The van der Waals surface area contributed by atoms with Gasteiger partial charge in [-0.1, -0.05) is 74.1 Å². The summed E-state index contributed by atoms with van der Waals surface area (Å²) in [6.07, 6.45) is 18.3. The van der Waals surface area contributed by atoms with E-state index in [1.807, 2.05) is 0 Å². The Balaban J connectivity index is 1.67. The fraction of sp³-hybridized carbons (Fsp3) is 0.429. The molecule has 0 radical (unpaired) electrons. The van der Waals surface area contributed by atoms with Crippen LogP contribution in [0.3, 0.4) is 0 Å². The average Bonchev–Trinajstić information content (AvgIpc) is 2.88. The van der Waals surface area contributed by atoms with Crippen molar-refractivity contribution >= 4 is 0 Å². The fourth-order valence-corrected chi connectivity index (χ4v) is 3.69. The van der Waals surface area contributed by atoms with Gasteiger partial charge in [0.25, 0.3) is 0 Å². The summed E-state index contributed by atoms with van der Waals surface area (Å²) >= 11 is 0. The number of rotatable bonds is 2. The molecule has 0 nitrogen and oxygen atoms in total. The van der Waals surface area contributed by atoms with Gasteiger partial charge in [-0.25, -0.2) is 0 Å². The van der Waals surface area contributed by atoms with Gasteiger partial charge in [-0.05, 0) is 54.6 Å². The molecule has 110 valence electrons. The van der Waals surface area contributed by atoms with Gasteiger partial charge >= 0.3 is 0 Å². The van der Waals surface area contributed by atoms with Gasteiger partial charge < -0.3 is 0 Å². The molecule has 0 saturated heterocycles. The van der Waals surface area contributed by atoms with Gasteiger partial charge in [0, 0.05) is 0 Å². The van der Waals surface area contributed by atoms with Crippen molar-refractivity contribution in [2.75, 3.05) is 0 Å². The average molecular weight is 278 g/mol. The van der Waals surface area contributed by atoms with Crippen LogP contribution in [-0.4, -0.2) is 0 Å². The number of hydrogen-bond donors (Lipinski definition) is 0. The van der Waals surface area contributed by atoms with E-state index in [1.165, 1.54) is 37.7 Å². The number of benzene rings is 1. The second-order valence-electron chi connectivity index (χ2n) is 6.58. The third-order valence-electron chi connectivity index (χ3n) is 5.01. The molecule has 1 saturated carbocycles. The first kappa shape index (κ1) is 14.4. The molecular weight excluding hydrogens is 252 g/mol. The molecule has 2 aliphatic carbocycles. The highest BCUT2D eigenvalue weighted by Crippen LogP contribution is 2.37. The van der Waals surface area contributed by atoms with E-state index in [0.717, 1.165) is 11.8 Å². The van der Waals surface area contributed by atoms with Crippen LogP contribution in [-0.2, 0) is 0 Å². The first-order chi connectivity index (χ1) is 10.3. The van der Waals surface area contributed by atoms with Gasteiger partial charge in [-0.15, -0.1) is 0 Å². The number of allylic oxidation sites excluding steroid dienone is 6. The first-order valence-corrected chi connectivity index (χ1v) is 8.44. The molecule has 1 fully saturated rings. The maximum atomic E-state index is 2.37. The van der Waals surface area contributed by atoms with Crippen molar-refractivity contribution < 1.29 is 0 Å². The van der Waals surface area contributed by atoms with Gasteiger partial charge in [0.05, 0.1) is 0 Å². The molecule has 0 spiro atoms. The normalized spacial score (nSPS) is 29.6. The molecule has 0 bridgehead atoms. The molecular formula is C21H26. The maximum Gasteiger partial charge on any atom is -0.00755 e. The summed E-state index contributed by atoms with van der Waals surface area (Å²) in [7, 11) is 0. The SMILES string of the molecule is CC1C=CC=C(C2CCCC(c3ccccc3)CC2)C=C1. The van der Waals surface area contributed by atoms with Crippen molar-refractivity contribution in [3.63, 3.8) is 0 Å². The zero-order valence-corrected chi connectivity index (χ0v) is 13.0. The molecule has 21 heavy (non-hydrogen) atoms. The molecule has 0 aromatic heterocycles. The van der Waals surface area contributed by atoms with Crippen molar-refractivity contribution in [1.82, 2.24) is 0 Å². The lowest BCUT2D eigenvalue weighted by atomic mass is 9.88. The topological polar surface area (TPSA) is 0 Å². The largest absolute Gasteiger partial charge is 0.0779 e. The Hall–Kier alpha value is -1.56. The lowest BCUT2D eigenvalue weighted by Gasteiger charge is -2.16. The minimum atomic E-state index is 0.571. The molecule has 3 unspecified atom stereocenters. The second-order valence-corrected chi connectivity index (χ2v) is 6.58. The van der Waals surface area contributed by atoms with Crippen molar-refractivity contribution in [1.29, 1.82) is 0 Å². The molecule has 0 heterocycles. The summed E-state index contributed by atoms with van der Waals surface area (Å²) in [6.45, 7) is 2.25. The van der Waals surface area contributed by atoms with E-state index < -0.39 is 0 Å². The van der Waals surface area contributed by atoms with Crippen molar-refractivity contribution in [3.05, 3.63) is 71.8 Å². The molecule has 3 rings (SSSR count). The summed E-state index contributed by atoms with van der Waals surface area (Å²) in [5.41, 5.74) is 3.08. The molecule has 0 amide bonds. The molecule has 1 aromatic carbocycles. The van der Waals surface area contributed by atoms with E-state index in [1.54, 1.807) is 5.57 Å². The predicted molar refractivity (Wildman–Crippen MR) is 91.3 cm³/mol. The van der Waals surface area contributed by atoms with Crippen molar-refractivity contribution in [2.24, 2.45) is 11.8 Å². The van der Waals surface area contributed by atoms with Gasteiger partial charge in [0.15, 0.2) is 0 Å². The smallest absolute Gasteiger partial charge is 0.00755 e. The van der Waals surface area contributed by atoms with E-state index in [2.05, 4.69) is 67.6 Å². The van der Waals surface area contributed by atoms with Crippen LogP contribution in [0.5, 0.6) is 0 Å².